The molecule has 5 heteroatoms. The normalized spacial score (nSPS) is 12.1. The van der Waals surface area contributed by atoms with Gasteiger partial charge in [-0.3, -0.25) is 4.79 Å². The van der Waals surface area contributed by atoms with E-state index >= 15 is 0 Å². The summed E-state index contributed by atoms with van der Waals surface area (Å²) in [7, 11) is 1.88. The lowest BCUT2D eigenvalue weighted by Crippen LogP contribution is -2.38. The Bertz CT molecular complexity index is 168. The summed E-state index contributed by atoms with van der Waals surface area (Å²) in [6, 6.07) is 0. The molecule has 0 bridgehead atoms. The van der Waals surface area contributed by atoms with Gasteiger partial charge in [0.25, 0.3) is 0 Å². The lowest BCUT2D eigenvalue weighted by molar-refractivity contribution is -0.121. The van der Waals surface area contributed by atoms with Crippen LogP contribution >= 0.6 is 24.2 Å². The lowest BCUT2D eigenvalue weighted by atomic mass is 10.1. The van der Waals surface area contributed by atoms with Crippen molar-refractivity contribution in [3.63, 3.8) is 0 Å². The molecular formula is C10H23ClN2OS. The second-order valence-corrected chi connectivity index (χ2v) is 4.93. The van der Waals surface area contributed by atoms with Crippen molar-refractivity contribution in [3.8, 4) is 0 Å². The standard InChI is InChI=1S/C10H22N2OS.ClH/c1-5-14-9(8(2)3)10(13)12-7-6-11-4;/h8-9,11H,5-7H2,1-4H3,(H,12,13);1H. The summed E-state index contributed by atoms with van der Waals surface area (Å²) >= 11 is 1.72. The van der Waals surface area contributed by atoms with Gasteiger partial charge >= 0.3 is 0 Å². The maximum atomic E-state index is 11.7. The van der Waals surface area contributed by atoms with Crippen LogP contribution < -0.4 is 10.6 Å². The third kappa shape index (κ3) is 7.94. The van der Waals surface area contributed by atoms with Crippen molar-refractivity contribution in [2.45, 2.75) is 26.0 Å². The summed E-state index contributed by atoms with van der Waals surface area (Å²) in [4.78, 5) is 11.7. The van der Waals surface area contributed by atoms with Crippen molar-refractivity contribution >= 4 is 30.1 Å². The molecule has 0 radical (unpaired) electrons. The molecule has 0 aromatic carbocycles. The molecule has 3 nitrogen and oxygen atoms in total. The van der Waals surface area contributed by atoms with Crippen LogP contribution in [0.4, 0.5) is 0 Å². The third-order valence-corrected chi connectivity index (χ3v) is 3.34. The summed E-state index contributed by atoms with van der Waals surface area (Å²) in [5.41, 5.74) is 0. The first-order valence-electron chi connectivity index (χ1n) is 5.17. The second kappa shape index (κ2) is 10.6. The Morgan fingerprint density at radius 1 is 1.33 bits per heavy atom. The molecule has 92 valence electrons. The highest BCUT2D eigenvalue weighted by Crippen LogP contribution is 2.18. The highest BCUT2D eigenvalue weighted by atomic mass is 35.5. The molecule has 0 saturated carbocycles. The maximum Gasteiger partial charge on any atom is 0.233 e. The van der Waals surface area contributed by atoms with Crippen LogP contribution in [0.5, 0.6) is 0 Å². The van der Waals surface area contributed by atoms with E-state index in [4.69, 9.17) is 0 Å². The fraction of sp³-hybridized carbons (Fsp3) is 0.900. The van der Waals surface area contributed by atoms with Gasteiger partial charge in [-0.05, 0) is 18.7 Å². The van der Waals surface area contributed by atoms with Crippen molar-refractivity contribution in [1.82, 2.24) is 10.6 Å². The van der Waals surface area contributed by atoms with Gasteiger partial charge in [0, 0.05) is 13.1 Å². The number of carbonyl (C=O) groups is 1. The van der Waals surface area contributed by atoms with Crippen molar-refractivity contribution in [1.29, 1.82) is 0 Å². The van der Waals surface area contributed by atoms with E-state index in [9.17, 15) is 4.79 Å². The first kappa shape index (κ1) is 17.5. The average molecular weight is 255 g/mol. The Morgan fingerprint density at radius 2 is 1.93 bits per heavy atom. The van der Waals surface area contributed by atoms with Gasteiger partial charge in [0.05, 0.1) is 5.25 Å². The van der Waals surface area contributed by atoms with Crippen molar-refractivity contribution in [2.24, 2.45) is 5.92 Å². The number of amides is 1. The van der Waals surface area contributed by atoms with Crippen LogP contribution in [0, 0.1) is 5.92 Å². The van der Waals surface area contributed by atoms with Crippen LogP contribution in [0.2, 0.25) is 0 Å². The van der Waals surface area contributed by atoms with Gasteiger partial charge in [0.2, 0.25) is 5.91 Å². The molecule has 15 heavy (non-hydrogen) atoms. The number of hydrogen-bond acceptors (Lipinski definition) is 3. The van der Waals surface area contributed by atoms with Crippen molar-refractivity contribution < 1.29 is 4.79 Å². The largest absolute Gasteiger partial charge is 0.354 e. The van der Waals surface area contributed by atoms with Crippen LogP contribution in [0.1, 0.15) is 20.8 Å². The molecule has 0 aromatic heterocycles. The SMILES string of the molecule is CCSC(C(=O)NCCNC)C(C)C.Cl. The van der Waals surface area contributed by atoms with Crippen molar-refractivity contribution in [3.05, 3.63) is 0 Å². The Hall–Kier alpha value is 0.0700. The number of hydrogen-bond donors (Lipinski definition) is 2. The van der Waals surface area contributed by atoms with Gasteiger partial charge < -0.3 is 10.6 Å². The monoisotopic (exact) mass is 254 g/mol. The number of likely N-dealkylation sites (N-methyl/N-ethyl adjacent to an activating group) is 1. The summed E-state index contributed by atoms with van der Waals surface area (Å²) in [6.07, 6.45) is 0. The van der Waals surface area contributed by atoms with E-state index in [1.807, 2.05) is 7.05 Å². The molecule has 1 atom stereocenters. The fourth-order valence-electron chi connectivity index (χ4n) is 1.16. The molecule has 0 saturated heterocycles. The molecule has 0 aliphatic carbocycles. The maximum absolute atomic E-state index is 11.7. The quantitative estimate of drug-likeness (QED) is 0.677. The minimum Gasteiger partial charge on any atom is -0.354 e. The van der Waals surface area contributed by atoms with Crippen molar-refractivity contribution in [2.75, 3.05) is 25.9 Å². The topological polar surface area (TPSA) is 41.1 Å². The first-order chi connectivity index (χ1) is 6.63. The summed E-state index contributed by atoms with van der Waals surface area (Å²) in [5.74, 6) is 1.55. The minimum absolute atomic E-state index is 0. The average Bonchev–Trinajstić information content (AvgIpc) is 2.13. The highest BCUT2D eigenvalue weighted by Gasteiger charge is 2.20. The van der Waals surface area contributed by atoms with Crippen LogP contribution in [0.3, 0.4) is 0 Å². The van der Waals surface area contributed by atoms with Gasteiger partial charge in [-0.1, -0.05) is 20.8 Å². The summed E-state index contributed by atoms with van der Waals surface area (Å²) in [5, 5.41) is 6.02. The number of halogens is 1. The molecule has 2 N–H and O–H groups in total. The van der Waals surface area contributed by atoms with Gasteiger partial charge in [-0.15, -0.1) is 24.2 Å². The summed E-state index contributed by atoms with van der Waals surface area (Å²) in [6.45, 7) is 7.80. The minimum atomic E-state index is 0. The molecule has 0 spiro atoms. The third-order valence-electron chi connectivity index (χ3n) is 1.88. The highest BCUT2D eigenvalue weighted by molar-refractivity contribution is 8.00. The van der Waals surface area contributed by atoms with Crippen LogP contribution in [0.25, 0.3) is 0 Å². The van der Waals surface area contributed by atoms with Crippen LogP contribution in [-0.4, -0.2) is 37.0 Å². The smallest absolute Gasteiger partial charge is 0.233 e. The van der Waals surface area contributed by atoms with Crippen LogP contribution in [-0.2, 0) is 4.79 Å². The molecule has 0 rings (SSSR count). The molecule has 1 amide bonds. The molecule has 0 fully saturated rings. The fourth-order valence-corrected chi connectivity index (χ4v) is 2.14. The van der Waals surface area contributed by atoms with E-state index in [2.05, 4.69) is 31.4 Å². The van der Waals surface area contributed by atoms with E-state index in [1.165, 1.54) is 0 Å². The zero-order valence-corrected chi connectivity index (χ0v) is 11.6. The molecular weight excluding hydrogens is 232 g/mol. The van der Waals surface area contributed by atoms with Crippen LogP contribution in [0.15, 0.2) is 0 Å². The zero-order valence-electron chi connectivity index (χ0n) is 10.0. The van der Waals surface area contributed by atoms with Gasteiger partial charge in [0.15, 0.2) is 0 Å². The Labute approximate surface area is 104 Å². The van der Waals surface area contributed by atoms with Gasteiger partial charge in [-0.25, -0.2) is 0 Å². The molecule has 1 unspecified atom stereocenters. The van der Waals surface area contributed by atoms with E-state index in [-0.39, 0.29) is 23.6 Å². The molecule has 0 aliphatic heterocycles. The molecule has 0 aromatic rings. The van der Waals surface area contributed by atoms with Gasteiger partial charge in [-0.2, -0.15) is 0 Å². The number of rotatable bonds is 7. The Kier molecular flexibility index (Phi) is 12.3. The van der Waals surface area contributed by atoms with Gasteiger partial charge in [0.1, 0.15) is 0 Å². The Morgan fingerprint density at radius 3 is 2.33 bits per heavy atom. The predicted molar refractivity (Wildman–Crippen MR) is 70.9 cm³/mol. The first-order valence-corrected chi connectivity index (χ1v) is 6.22. The number of carbonyl (C=O) groups excluding carboxylic acids is 1. The predicted octanol–water partition coefficient (Wildman–Crippen LogP) is 1.52. The zero-order chi connectivity index (χ0) is 11.0. The molecule has 0 heterocycles. The number of nitrogens with one attached hydrogen (secondary N) is 2. The lowest BCUT2D eigenvalue weighted by Gasteiger charge is -2.18. The van der Waals surface area contributed by atoms with E-state index in [1.54, 1.807) is 11.8 Å². The second-order valence-electron chi connectivity index (χ2n) is 3.51. The molecule has 0 aliphatic rings. The Balaban J connectivity index is 0. The van der Waals surface area contributed by atoms with E-state index < -0.39 is 0 Å². The van der Waals surface area contributed by atoms with E-state index in [0.717, 1.165) is 12.3 Å². The number of thioether (sulfide) groups is 1. The van der Waals surface area contributed by atoms with E-state index in [0.29, 0.717) is 12.5 Å². The summed E-state index contributed by atoms with van der Waals surface area (Å²) < 4.78 is 0.